The number of hydrogen-bond acceptors (Lipinski definition) is 3. The van der Waals surface area contributed by atoms with Crippen molar-refractivity contribution in [2.24, 2.45) is 11.8 Å². The van der Waals surface area contributed by atoms with Crippen molar-refractivity contribution in [3.05, 3.63) is 65.2 Å². The normalized spacial score (nSPS) is 25.8. The first-order chi connectivity index (χ1) is 12.3. The molecule has 3 aliphatic heterocycles. The zero-order chi connectivity index (χ0) is 16.6. The topological polar surface area (TPSA) is 18.5 Å². The van der Waals surface area contributed by atoms with Gasteiger partial charge in [-0.25, -0.2) is 0 Å². The van der Waals surface area contributed by atoms with E-state index in [0.717, 1.165) is 31.5 Å². The second-order valence-corrected chi connectivity index (χ2v) is 8.02. The van der Waals surface area contributed by atoms with E-state index in [0.29, 0.717) is 0 Å². The second kappa shape index (κ2) is 6.47. The van der Waals surface area contributed by atoms with Crippen molar-refractivity contribution in [1.29, 1.82) is 0 Å². The van der Waals surface area contributed by atoms with E-state index >= 15 is 0 Å². The first-order valence-corrected chi connectivity index (χ1v) is 9.68. The molecule has 0 spiro atoms. The Labute approximate surface area is 150 Å². The molecule has 0 amide bonds. The first kappa shape index (κ1) is 15.4. The number of para-hydroxylation sites is 1. The summed E-state index contributed by atoms with van der Waals surface area (Å²) in [5.74, 6) is 1.71. The summed E-state index contributed by atoms with van der Waals surface area (Å²) in [6.45, 7) is 8.39. The van der Waals surface area contributed by atoms with Crippen molar-refractivity contribution < 1.29 is 0 Å². The average molecular weight is 333 g/mol. The minimum atomic E-state index is 0.855. The summed E-state index contributed by atoms with van der Waals surface area (Å²) in [4.78, 5) is 5.34. The quantitative estimate of drug-likeness (QED) is 0.927. The Morgan fingerprint density at radius 2 is 1.52 bits per heavy atom. The van der Waals surface area contributed by atoms with E-state index in [1.54, 1.807) is 0 Å². The molecule has 2 atom stereocenters. The minimum absolute atomic E-state index is 0.855. The van der Waals surface area contributed by atoms with Gasteiger partial charge < -0.3 is 5.32 Å². The van der Waals surface area contributed by atoms with E-state index in [9.17, 15) is 0 Å². The summed E-state index contributed by atoms with van der Waals surface area (Å²) >= 11 is 0. The van der Waals surface area contributed by atoms with Crippen LogP contribution in [0.3, 0.4) is 0 Å². The Balaban J connectivity index is 1.20. The highest BCUT2D eigenvalue weighted by atomic mass is 15.2. The maximum atomic E-state index is 3.59. The van der Waals surface area contributed by atoms with E-state index < -0.39 is 0 Å². The molecule has 5 rings (SSSR count). The molecular formula is C22H27N3. The van der Waals surface area contributed by atoms with Gasteiger partial charge in [0.25, 0.3) is 0 Å². The highest BCUT2D eigenvalue weighted by molar-refractivity contribution is 5.61. The molecule has 25 heavy (non-hydrogen) atoms. The molecule has 1 N–H and O–H groups in total. The molecule has 3 aliphatic rings. The van der Waals surface area contributed by atoms with Gasteiger partial charge in [-0.15, -0.1) is 0 Å². The number of hydrogen-bond donors (Lipinski definition) is 1. The molecule has 0 unspecified atom stereocenters. The molecule has 2 fully saturated rings. The molecule has 3 heteroatoms. The van der Waals surface area contributed by atoms with Gasteiger partial charge in [0, 0.05) is 51.5 Å². The molecule has 0 bridgehead atoms. The highest BCUT2D eigenvalue weighted by Crippen LogP contribution is 2.34. The SMILES string of the molecule is c1ccc(CN2C[C@@H]3CN(Cc4cccc5c4NCC5)C[C@@H]3C2)cc1. The van der Waals surface area contributed by atoms with Crippen LogP contribution in [0.15, 0.2) is 48.5 Å². The van der Waals surface area contributed by atoms with Crippen LogP contribution in [0.25, 0.3) is 0 Å². The molecule has 0 aromatic heterocycles. The number of fused-ring (bicyclic) bond motifs is 2. The predicted octanol–water partition coefficient (Wildman–Crippen LogP) is 3.22. The lowest BCUT2D eigenvalue weighted by Crippen LogP contribution is -2.28. The van der Waals surface area contributed by atoms with Crippen LogP contribution in [-0.2, 0) is 19.5 Å². The standard InChI is InChI=1S/C22H27N3/c1-2-5-17(6-3-1)11-24-13-20-15-25(16-21(20)14-24)12-19-8-4-7-18-9-10-23-22(18)19/h1-8,20-21,23H,9-16H2/t20-,21+. The van der Waals surface area contributed by atoms with Crippen LogP contribution in [0.5, 0.6) is 0 Å². The fraction of sp³-hybridized carbons (Fsp3) is 0.455. The number of anilines is 1. The maximum absolute atomic E-state index is 3.59. The summed E-state index contributed by atoms with van der Waals surface area (Å²) in [5, 5.41) is 3.59. The smallest absolute Gasteiger partial charge is 0.0419 e. The zero-order valence-electron chi connectivity index (χ0n) is 14.8. The molecule has 0 saturated carbocycles. The Morgan fingerprint density at radius 1 is 0.800 bits per heavy atom. The number of benzene rings is 2. The number of likely N-dealkylation sites (tertiary alicyclic amines) is 2. The number of nitrogens with zero attached hydrogens (tertiary/aromatic N) is 2. The molecule has 0 radical (unpaired) electrons. The van der Waals surface area contributed by atoms with E-state index in [4.69, 9.17) is 0 Å². The van der Waals surface area contributed by atoms with Crippen LogP contribution < -0.4 is 5.32 Å². The molecule has 3 heterocycles. The molecule has 3 nitrogen and oxygen atoms in total. The van der Waals surface area contributed by atoms with Gasteiger partial charge in [0.1, 0.15) is 0 Å². The van der Waals surface area contributed by atoms with Gasteiger partial charge in [-0.3, -0.25) is 9.80 Å². The van der Waals surface area contributed by atoms with Gasteiger partial charge in [0.2, 0.25) is 0 Å². The minimum Gasteiger partial charge on any atom is -0.384 e. The lowest BCUT2D eigenvalue weighted by atomic mass is 10.0. The Hall–Kier alpha value is -1.84. The van der Waals surface area contributed by atoms with E-state index in [1.165, 1.54) is 55.0 Å². The number of nitrogens with one attached hydrogen (secondary N) is 1. The van der Waals surface area contributed by atoms with Crippen LogP contribution in [0.2, 0.25) is 0 Å². The molecule has 2 aromatic rings. The third-order valence-electron chi connectivity index (χ3n) is 6.21. The molecule has 130 valence electrons. The van der Waals surface area contributed by atoms with Gasteiger partial charge >= 0.3 is 0 Å². The Kier molecular flexibility index (Phi) is 3.99. The van der Waals surface area contributed by atoms with Crippen molar-refractivity contribution >= 4 is 5.69 Å². The first-order valence-electron chi connectivity index (χ1n) is 9.68. The van der Waals surface area contributed by atoms with E-state index in [1.807, 2.05) is 0 Å². The van der Waals surface area contributed by atoms with Crippen molar-refractivity contribution in [3.8, 4) is 0 Å². The third-order valence-corrected chi connectivity index (χ3v) is 6.21. The third kappa shape index (κ3) is 3.07. The largest absolute Gasteiger partial charge is 0.384 e. The van der Waals surface area contributed by atoms with Crippen LogP contribution in [0.4, 0.5) is 5.69 Å². The zero-order valence-corrected chi connectivity index (χ0v) is 14.8. The summed E-state index contributed by atoms with van der Waals surface area (Å²) in [6, 6.07) is 17.7. The lowest BCUT2D eigenvalue weighted by molar-refractivity contribution is 0.246. The predicted molar refractivity (Wildman–Crippen MR) is 103 cm³/mol. The summed E-state index contributed by atoms with van der Waals surface area (Å²) in [7, 11) is 0. The van der Waals surface area contributed by atoms with Crippen molar-refractivity contribution in [2.45, 2.75) is 19.5 Å². The number of rotatable bonds is 4. The van der Waals surface area contributed by atoms with Gasteiger partial charge in [0.05, 0.1) is 0 Å². The average Bonchev–Trinajstić information content (AvgIpc) is 3.31. The summed E-state index contributed by atoms with van der Waals surface area (Å²) in [5.41, 5.74) is 5.87. The molecule has 2 saturated heterocycles. The van der Waals surface area contributed by atoms with Crippen LogP contribution in [0.1, 0.15) is 16.7 Å². The maximum Gasteiger partial charge on any atom is 0.0419 e. The van der Waals surface area contributed by atoms with Crippen LogP contribution >= 0.6 is 0 Å². The van der Waals surface area contributed by atoms with Crippen molar-refractivity contribution in [2.75, 3.05) is 38.0 Å². The van der Waals surface area contributed by atoms with Crippen molar-refractivity contribution in [3.63, 3.8) is 0 Å². The lowest BCUT2D eigenvalue weighted by Gasteiger charge is -2.22. The van der Waals surface area contributed by atoms with Gasteiger partial charge in [-0.1, -0.05) is 48.5 Å². The highest BCUT2D eigenvalue weighted by Gasteiger charge is 2.39. The van der Waals surface area contributed by atoms with Gasteiger partial charge in [-0.2, -0.15) is 0 Å². The monoisotopic (exact) mass is 333 g/mol. The fourth-order valence-electron chi connectivity index (χ4n) is 5.07. The van der Waals surface area contributed by atoms with Crippen molar-refractivity contribution in [1.82, 2.24) is 9.80 Å². The Bertz CT molecular complexity index is 728. The second-order valence-electron chi connectivity index (χ2n) is 8.02. The van der Waals surface area contributed by atoms with Gasteiger partial charge in [-0.05, 0) is 34.9 Å². The fourth-order valence-corrected chi connectivity index (χ4v) is 5.07. The van der Waals surface area contributed by atoms with Gasteiger partial charge in [0.15, 0.2) is 0 Å². The van der Waals surface area contributed by atoms with E-state index in [-0.39, 0.29) is 0 Å². The summed E-state index contributed by atoms with van der Waals surface area (Å²) in [6.07, 6.45) is 1.18. The molecular weight excluding hydrogens is 306 g/mol. The van der Waals surface area contributed by atoms with E-state index in [2.05, 4.69) is 63.6 Å². The molecule has 2 aromatic carbocycles. The Morgan fingerprint density at radius 3 is 2.28 bits per heavy atom. The summed E-state index contributed by atoms with van der Waals surface area (Å²) < 4.78 is 0. The molecule has 0 aliphatic carbocycles. The van der Waals surface area contributed by atoms with Crippen LogP contribution in [0, 0.1) is 11.8 Å². The van der Waals surface area contributed by atoms with Crippen LogP contribution in [-0.4, -0.2) is 42.5 Å².